The number of rotatable bonds is 4. The molecule has 0 saturated heterocycles. The molecule has 2 aromatic heterocycles. The van der Waals surface area contributed by atoms with Crippen LogP contribution in [-0.2, 0) is 28.6 Å². The van der Waals surface area contributed by atoms with Crippen LogP contribution in [0.5, 0.6) is 0 Å². The van der Waals surface area contributed by atoms with Gasteiger partial charge in [-0.3, -0.25) is 13.5 Å². The van der Waals surface area contributed by atoms with E-state index in [1.807, 2.05) is 0 Å². The summed E-state index contributed by atoms with van der Waals surface area (Å²) in [5.41, 5.74) is -0.0683. The molecule has 2 aromatic rings. The molecule has 0 fully saturated rings. The first-order valence-corrected chi connectivity index (χ1v) is 7.46. The van der Waals surface area contributed by atoms with Crippen molar-refractivity contribution >= 4 is 31.3 Å². The van der Waals surface area contributed by atoms with Gasteiger partial charge in [0.1, 0.15) is 0 Å². The highest BCUT2D eigenvalue weighted by molar-refractivity contribution is 7.87. The zero-order valence-electron chi connectivity index (χ0n) is 9.68. The molecule has 0 atom stereocenters. The first kappa shape index (κ1) is 13.8. The summed E-state index contributed by atoms with van der Waals surface area (Å²) < 4.78 is 54.9. The highest BCUT2D eigenvalue weighted by Crippen LogP contribution is 2.21. The van der Waals surface area contributed by atoms with Crippen LogP contribution in [0.1, 0.15) is 0 Å². The van der Waals surface area contributed by atoms with Crippen LogP contribution in [0.2, 0.25) is 0 Å². The van der Waals surface area contributed by atoms with Crippen molar-refractivity contribution < 1.29 is 25.2 Å². The van der Waals surface area contributed by atoms with Gasteiger partial charge in [0.05, 0.1) is 25.8 Å². The lowest BCUT2D eigenvalue weighted by Crippen LogP contribution is -2.13. The predicted molar refractivity (Wildman–Crippen MR) is 60.1 cm³/mol. The SMILES string of the molecule is COS(=O)(=O)c1nc(S(=O)(=O)OC)c2cn[nH]c2n1. The van der Waals surface area contributed by atoms with Gasteiger partial charge in [-0.15, -0.1) is 0 Å². The second-order valence-corrected chi connectivity index (χ2v) is 6.42. The molecule has 10 nitrogen and oxygen atoms in total. The van der Waals surface area contributed by atoms with Crippen molar-refractivity contribution in [3.63, 3.8) is 0 Å². The summed E-state index contributed by atoms with van der Waals surface area (Å²) in [6.07, 6.45) is 1.14. The summed E-state index contributed by atoms with van der Waals surface area (Å²) in [4.78, 5) is 7.09. The van der Waals surface area contributed by atoms with Gasteiger partial charge in [0.25, 0.3) is 5.16 Å². The van der Waals surface area contributed by atoms with Gasteiger partial charge in [0.2, 0.25) is 0 Å². The summed E-state index contributed by atoms with van der Waals surface area (Å²) in [6.45, 7) is 0. The highest BCUT2D eigenvalue weighted by atomic mass is 32.2. The van der Waals surface area contributed by atoms with Crippen molar-refractivity contribution in [2.45, 2.75) is 10.2 Å². The summed E-state index contributed by atoms with van der Waals surface area (Å²) in [6, 6.07) is 0. The lowest BCUT2D eigenvalue weighted by molar-refractivity contribution is 0.388. The van der Waals surface area contributed by atoms with Crippen molar-refractivity contribution in [1.82, 2.24) is 20.2 Å². The molecule has 0 amide bonds. The van der Waals surface area contributed by atoms with Crippen LogP contribution >= 0.6 is 0 Å². The molecule has 12 heteroatoms. The molecule has 0 spiro atoms. The van der Waals surface area contributed by atoms with Crippen molar-refractivity contribution in [2.75, 3.05) is 14.2 Å². The lowest BCUT2D eigenvalue weighted by Gasteiger charge is -2.04. The third kappa shape index (κ3) is 2.30. The molecular weight excluding hydrogens is 300 g/mol. The fourth-order valence-corrected chi connectivity index (χ4v) is 2.63. The molecule has 0 aliphatic heterocycles. The minimum atomic E-state index is -4.25. The monoisotopic (exact) mass is 308 g/mol. The Morgan fingerprint density at radius 1 is 1.05 bits per heavy atom. The molecule has 0 aliphatic carbocycles. The normalized spacial score (nSPS) is 12.9. The first-order chi connectivity index (χ1) is 8.81. The first-order valence-electron chi connectivity index (χ1n) is 4.64. The second-order valence-electron chi connectivity index (χ2n) is 3.19. The molecule has 0 aliphatic rings. The van der Waals surface area contributed by atoms with E-state index in [9.17, 15) is 16.8 Å². The Labute approximate surface area is 108 Å². The molecule has 104 valence electrons. The third-order valence-electron chi connectivity index (χ3n) is 2.15. The van der Waals surface area contributed by atoms with E-state index >= 15 is 0 Å². The molecule has 0 saturated carbocycles. The molecule has 0 aromatic carbocycles. The molecular formula is C7H8N4O6S2. The van der Waals surface area contributed by atoms with Crippen LogP contribution < -0.4 is 0 Å². The number of aromatic nitrogens is 4. The summed E-state index contributed by atoms with van der Waals surface area (Å²) >= 11 is 0. The molecule has 0 bridgehead atoms. The van der Waals surface area contributed by atoms with Gasteiger partial charge in [-0.05, 0) is 0 Å². The Hall–Kier alpha value is -1.63. The Bertz CT molecular complexity index is 824. The average molecular weight is 308 g/mol. The van der Waals surface area contributed by atoms with Crippen LogP contribution in [0.15, 0.2) is 16.4 Å². The van der Waals surface area contributed by atoms with Gasteiger partial charge in [-0.25, -0.2) is 4.98 Å². The third-order valence-corrected chi connectivity index (χ3v) is 4.45. The number of hydrogen-bond donors (Lipinski definition) is 1. The van der Waals surface area contributed by atoms with Gasteiger partial charge in [0.15, 0.2) is 10.7 Å². The highest BCUT2D eigenvalue weighted by Gasteiger charge is 2.27. The van der Waals surface area contributed by atoms with Crippen molar-refractivity contribution in [2.24, 2.45) is 0 Å². The van der Waals surface area contributed by atoms with Gasteiger partial charge in [-0.1, -0.05) is 0 Å². The van der Waals surface area contributed by atoms with Gasteiger partial charge in [-0.2, -0.15) is 26.9 Å². The maximum Gasteiger partial charge on any atom is 0.332 e. The van der Waals surface area contributed by atoms with E-state index in [4.69, 9.17) is 0 Å². The Morgan fingerprint density at radius 2 is 1.68 bits per heavy atom. The molecule has 2 heterocycles. The Kier molecular flexibility index (Phi) is 3.25. The van der Waals surface area contributed by atoms with Crippen molar-refractivity contribution in [3.8, 4) is 0 Å². The predicted octanol–water partition coefficient (Wildman–Crippen LogP) is -0.977. The van der Waals surface area contributed by atoms with E-state index in [2.05, 4.69) is 28.5 Å². The fourth-order valence-electron chi connectivity index (χ4n) is 1.24. The number of H-pyrrole nitrogens is 1. The van der Waals surface area contributed by atoms with Crippen molar-refractivity contribution in [3.05, 3.63) is 6.20 Å². The van der Waals surface area contributed by atoms with E-state index in [1.54, 1.807) is 0 Å². The standard InChI is InChI=1S/C7H8N4O6S2/c1-16-18(12,13)6-4-3-8-11-5(4)9-7(10-6)19(14,15)17-2/h3H,1-2H3,(H,8,9,10,11). The van der Waals surface area contributed by atoms with Crippen LogP contribution in [0.25, 0.3) is 11.0 Å². The minimum Gasteiger partial charge on any atom is -0.269 e. The number of aromatic amines is 1. The van der Waals surface area contributed by atoms with Crippen LogP contribution in [-0.4, -0.2) is 51.2 Å². The molecule has 2 rings (SSSR count). The maximum absolute atomic E-state index is 11.7. The van der Waals surface area contributed by atoms with E-state index < -0.39 is 30.4 Å². The number of nitrogens with one attached hydrogen (secondary N) is 1. The molecule has 1 N–H and O–H groups in total. The van der Waals surface area contributed by atoms with Crippen LogP contribution in [0, 0.1) is 0 Å². The summed E-state index contributed by atoms with van der Waals surface area (Å²) in [7, 11) is -6.64. The number of fused-ring (bicyclic) bond motifs is 1. The molecule has 0 radical (unpaired) electrons. The zero-order valence-corrected chi connectivity index (χ0v) is 11.3. The Balaban J connectivity index is 2.87. The lowest BCUT2D eigenvalue weighted by atomic mass is 10.4. The van der Waals surface area contributed by atoms with Crippen LogP contribution in [0.3, 0.4) is 0 Å². The molecule has 19 heavy (non-hydrogen) atoms. The second kappa shape index (κ2) is 4.48. The van der Waals surface area contributed by atoms with E-state index in [1.165, 1.54) is 0 Å². The quantitative estimate of drug-likeness (QED) is 0.428. The van der Waals surface area contributed by atoms with Crippen molar-refractivity contribution in [1.29, 1.82) is 0 Å². The van der Waals surface area contributed by atoms with E-state index in [0.717, 1.165) is 20.4 Å². The number of hydrogen-bond acceptors (Lipinski definition) is 9. The largest absolute Gasteiger partial charge is 0.332 e. The minimum absolute atomic E-state index is 0.0110. The van der Waals surface area contributed by atoms with E-state index in [-0.39, 0.29) is 11.0 Å². The summed E-state index contributed by atoms with van der Waals surface area (Å²) in [5, 5.41) is 4.53. The van der Waals surface area contributed by atoms with E-state index in [0.29, 0.717) is 0 Å². The van der Waals surface area contributed by atoms with Gasteiger partial charge < -0.3 is 0 Å². The maximum atomic E-state index is 11.7. The fraction of sp³-hybridized carbons (Fsp3) is 0.286. The van der Waals surface area contributed by atoms with Crippen LogP contribution in [0.4, 0.5) is 0 Å². The zero-order chi connectivity index (χ0) is 14.3. The van der Waals surface area contributed by atoms with Gasteiger partial charge >= 0.3 is 20.2 Å². The smallest absolute Gasteiger partial charge is 0.269 e. The average Bonchev–Trinajstić information content (AvgIpc) is 2.85. The van der Waals surface area contributed by atoms with Gasteiger partial charge in [0, 0.05) is 0 Å². The Morgan fingerprint density at radius 3 is 2.26 bits per heavy atom. The topological polar surface area (TPSA) is 141 Å². The molecule has 0 unspecified atom stereocenters. The number of nitrogens with zero attached hydrogens (tertiary/aromatic N) is 3. The summed E-state index contributed by atoms with van der Waals surface area (Å²) in [5.74, 6) is 0.